The molecule has 8 heteroatoms. The lowest BCUT2D eigenvalue weighted by molar-refractivity contribution is 0.101. The quantitative estimate of drug-likeness (QED) is 0.349. The van der Waals surface area contributed by atoms with Crippen molar-refractivity contribution in [3.63, 3.8) is 0 Å². The molecule has 4 heterocycles. The minimum absolute atomic E-state index is 0.208. The molecule has 1 aliphatic rings. The van der Waals surface area contributed by atoms with Crippen LogP contribution in [-0.4, -0.2) is 27.0 Å². The van der Waals surface area contributed by atoms with Crippen LogP contribution < -0.4 is 10.2 Å². The van der Waals surface area contributed by atoms with Gasteiger partial charge in [-0.05, 0) is 66.8 Å². The van der Waals surface area contributed by atoms with Crippen LogP contribution >= 0.6 is 11.3 Å². The van der Waals surface area contributed by atoms with Crippen LogP contribution in [0.25, 0.3) is 0 Å². The van der Waals surface area contributed by atoms with Crippen LogP contribution in [0.4, 0.5) is 15.2 Å². The number of carbonyl (C=O) groups is 1. The Hall–Kier alpha value is -3.52. The number of carbonyl (C=O) groups excluding carboxylic acids is 1. The van der Waals surface area contributed by atoms with Crippen molar-refractivity contribution in [3.8, 4) is 0 Å². The van der Waals surface area contributed by atoms with Crippen LogP contribution in [0, 0.1) is 5.95 Å². The van der Waals surface area contributed by atoms with Crippen LogP contribution in [0.5, 0.6) is 0 Å². The Labute approximate surface area is 202 Å². The topological polar surface area (TPSA) is 63.1 Å². The zero-order valence-corrected chi connectivity index (χ0v) is 19.8. The SMILES string of the molecule is CCc1ccc(N2CCC[C@@H]2c2csc(NC(=O)c3cccn3Cc3ccnc(F)c3)n2)cc1. The molecule has 1 fully saturated rings. The summed E-state index contributed by atoms with van der Waals surface area (Å²) >= 11 is 1.44. The summed E-state index contributed by atoms with van der Waals surface area (Å²) in [6.07, 6.45) is 6.42. The van der Waals surface area contributed by atoms with Gasteiger partial charge in [-0.15, -0.1) is 11.3 Å². The number of nitrogens with zero attached hydrogens (tertiary/aromatic N) is 4. The van der Waals surface area contributed by atoms with Crippen molar-refractivity contribution in [2.75, 3.05) is 16.8 Å². The Morgan fingerprint density at radius 2 is 2.06 bits per heavy atom. The number of aryl methyl sites for hydroxylation is 1. The highest BCUT2D eigenvalue weighted by Gasteiger charge is 2.28. The van der Waals surface area contributed by atoms with E-state index >= 15 is 0 Å². The van der Waals surface area contributed by atoms with E-state index in [1.165, 1.54) is 34.9 Å². The molecular weight excluding hydrogens is 449 g/mol. The van der Waals surface area contributed by atoms with E-state index < -0.39 is 5.95 Å². The molecule has 0 aliphatic carbocycles. The van der Waals surface area contributed by atoms with Gasteiger partial charge < -0.3 is 9.47 Å². The number of nitrogens with one attached hydrogen (secondary N) is 1. The summed E-state index contributed by atoms with van der Waals surface area (Å²) < 4.78 is 15.2. The summed E-state index contributed by atoms with van der Waals surface area (Å²) in [6.45, 7) is 3.54. The van der Waals surface area contributed by atoms with Crippen LogP contribution in [-0.2, 0) is 13.0 Å². The molecule has 0 bridgehead atoms. The first-order valence-corrected chi connectivity index (χ1v) is 12.4. The van der Waals surface area contributed by atoms with Crippen molar-refractivity contribution in [1.82, 2.24) is 14.5 Å². The fourth-order valence-corrected chi connectivity index (χ4v) is 5.21. The van der Waals surface area contributed by atoms with Crippen molar-refractivity contribution in [1.29, 1.82) is 0 Å². The average Bonchev–Trinajstić information content (AvgIpc) is 3.60. The third-order valence-corrected chi connectivity index (χ3v) is 6.99. The van der Waals surface area contributed by atoms with E-state index in [4.69, 9.17) is 4.98 Å². The molecule has 0 radical (unpaired) electrons. The van der Waals surface area contributed by atoms with E-state index in [0.717, 1.165) is 37.1 Å². The zero-order valence-electron chi connectivity index (χ0n) is 18.9. The van der Waals surface area contributed by atoms with Crippen molar-refractivity contribution >= 4 is 28.1 Å². The van der Waals surface area contributed by atoms with Gasteiger partial charge in [0.15, 0.2) is 5.13 Å². The van der Waals surface area contributed by atoms with E-state index in [2.05, 4.69) is 46.4 Å². The third kappa shape index (κ3) is 4.72. The Morgan fingerprint density at radius 3 is 2.85 bits per heavy atom. The molecular formula is C26H26FN5OS. The molecule has 4 aromatic rings. The summed E-state index contributed by atoms with van der Waals surface area (Å²) in [5.41, 5.74) is 4.76. The number of thiazole rings is 1. The number of amides is 1. The number of pyridine rings is 1. The second-order valence-corrected chi connectivity index (χ2v) is 9.27. The van der Waals surface area contributed by atoms with E-state index in [1.807, 2.05) is 5.38 Å². The van der Waals surface area contributed by atoms with Gasteiger partial charge in [0.1, 0.15) is 5.69 Å². The van der Waals surface area contributed by atoms with Crippen molar-refractivity contribution in [2.24, 2.45) is 0 Å². The molecule has 0 saturated carbocycles. The van der Waals surface area contributed by atoms with Crippen LogP contribution in [0.15, 0.2) is 66.3 Å². The van der Waals surface area contributed by atoms with Gasteiger partial charge in [-0.2, -0.15) is 4.39 Å². The van der Waals surface area contributed by atoms with Crippen LogP contribution in [0.2, 0.25) is 0 Å². The Morgan fingerprint density at radius 1 is 1.21 bits per heavy atom. The number of benzene rings is 1. The number of hydrogen-bond donors (Lipinski definition) is 1. The van der Waals surface area contributed by atoms with Gasteiger partial charge in [-0.1, -0.05) is 19.1 Å². The molecule has 34 heavy (non-hydrogen) atoms. The van der Waals surface area contributed by atoms with E-state index in [9.17, 15) is 9.18 Å². The van der Waals surface area contributed by atoms with Gasteiger partial charge >= 0.3 is 0 Å². The summed E-state index contributed by atoms with van der Waals surface area (Å²) in [4.78, 5) is 23.7. The molecule has 1 atom stereocenters. The minimum Gasteiger partial charge on any atom is -0.363 e. The molecule has 1 aromatic carbocycles. The summed E-state index contributed by atoms with van der Waals surface area (Å²) in [7, 11) is 0. The highest BCUT2D eigenvalue weighted by atomic mass is 32.1. The normalized spacial score (nSPS) is 15.6. The molecule has 1 saturated heterocycles. The van der Waals surface area contributed by atoms with Crippen molar-refractivity contribution < 1.29 is 9.18 Å². The number of halogens is 1. The number of rotatable bonds is 7. The molecule has 1 amide bonds. The lowest BCUT2D eigenvalue weighted by Crippen LogP contribution is -2.23. The molecule has 174 valence electrons. The largest absolute Gasteiger partial charge is 0.363 e. The summed E-state index contributed by atoms with van der Waals surface area (Å²) in [6, 6.07) is 15.6. The predicted octanol–water partition coefficient (Wildman–Crippen LogP) is 5.68. The van der Waals surface area contributed by atoms with Crippen LogP contribution in [0.1, 0.15) is 53.1 Å². The second kappa shape index (κ2) is 9.77. The Balaban J connectivity index is 1.28. The number of hydrogen-bond acceptors (Lipinski definition) is 5. The fourth-order valence-electron chi connectivity index (χ4n) is 4.46. The highest BCUT2D eigenvalue weighted by molar-refractivity contribution is 7.14. The molecule has 3 aromatic heterocycles. The average molecular weight is 476 g/mol. The number of anilines is 2. The zero-order chi connectivity index (χ0) is 23.5. The summed E-state index contributed by atoms with van der Waals surface area (Å²) in [5, 5.41) is 5.56. The predicted molar refractivity (Wildman–Crippen MR) is 133 cm³/mol. The maximum atomic E-state index is 13.4. The highest BCUT2D eigenvalue weighted by Crippen LogP contribution is 2.37. The molecule has 1 aliphatic heterocycles. The van der Waals surface area contributed by atoms with E-state index in [1.54, 1.807) is 29.0 Å². The maximum absolute atomic E-state index is 13.4. The smallest absolute Gasteiger partial charge is 0.274 e. The van der Waals surface area contributed by atoms with Gasteiger partial charge in [-0.25, -0.2) is 9.97 Å². The van der Waals surface area contributed by atoms with Crippen molar-refractivity contribution in [3.05, 3.63) is 94.8 Å². The van der Waals surface area contributed by atoms with Gasteiger partial charge in [0.2, 0.25) is 5.95 Å². The van der Waals surface area contributed by atoms with Crippen molar-refractivity contribution in [2.45, 2.75) is 38.8 Å². The lowest BCUT2D eigenvalue weighted by atomic mass is 10.1. The van der Waals surface area contributed by atoms with Crippen LogP contribution in [0.3, 0.4) is 0 Å². The monoisotopic (exact) mass is 475 g/mol. The maximum Gasteiger partial charge on any atom is 0.274 e. The first kappa shape index (κ1) is 22.3. The molecule has 0 spiro atoms. The van der Waals surface area contributed by atoms with Gasteiger partial charge in [0.25, 0.3) is 5.91 Å². The molecule has 6 nitrogen and oxygen atoms in total. The first-order chi connectivity index (χ1) is 16.6. The standard InChI is InChI=1S/C26H26FN5OS/c1-2-18-7-9-20(10-8-18)32-14-4-5-22(32)21-17-34-26(29-21)30-25(33)23-6-3-13-31(23)16-19-11-12-28-24(27)15-19/h3,6-13,15,17,22H,2,4-5,14,16H2,1H3,(H,29,30,33)/t22-/m1/s1. The van der Waals surface area contributed by atoms with E-state index in [0.29, 0.717) is 17.4 Å². The summed E-state index contributed by atoms with van der Waals surface area (Å²) in [5.74, 6) is -0.771. The first-order valence-electron chi connectivity index (χ1n) is 11.5. The fraction of sp³-hybridized carbons (Fsp3) is 0.269. The Bertz CT molecular complexity index is 1280. The molecule has 1 N–H and O–H groups in total. The third-order valence-electron chi connectivity index (χ3n) is 6.22. The molecule has 0 unspecified atom stereocenters. The lowest BCUT2D eigenvalue weighted by Gasteiger charge is -2.25. The molecule has 5 rings (SSSR count). The second-order valence-electron chi connectivity index (χ2n) is 8.41. The minimum atomic E-state index is -0.534. The Kier molecular flexibility index (Phi) is 6.40. The van der Waals surface area contributed by atoms with E-state index in [-0.39, 0.29) is 11.9 Å². The van der Waals surface area contributed by atoms with Gasteiger partial charge in [-0.3, -0.25) is 10.1 Å². The van der Waals surface area contributed by atoms with Gasteiger partial charge in [0, 0.05) is 36.6 Å². The number of aromatic nitrogens is 3. The van der Waals surface area contributed by atoms with Gasteiger partial charge in [0.05, 0.1) is 11.7 Å².